The molecule has 2 aromatic rings. The van der Waals surface area contributed by atoms with Crippen LogP contribution in [-0.4, -0.2) is 77.6 Å². The van der Waals surface area contributed by atoms with Gasteiger partial charge in [-0.15, -0.1) is 0 Å². The number of carboxylic acid groups (broad SMARTS) is 1. The first-order valence-corrected chi connectivity index (χ1v) is 14.1. The summed E-state index contributed by atoms with van der Waals surface area (Å²) in [7, 11) is -4.04. The summed E-state index contributed by atoms with van der Waals surface area (Å²) in [4.78, 5) is 24.3. The molecule has 0 aliphatic rings. The number of nitrogens with zero attached hydrogens (tertiary/aromatic N) is 2. The van der Waals surface area contributed by atoms with Gasteiger partial charge in [0.1, 0.15) is 6.04 Å². The third-order valence-corrected chi connectivity index (χ3v) is 7.85. The number of carbonyl (C=O) groups is 2. The van der Waals surface area contributed by atoms with Crippen LogP contribution in [0, 0.1) is 11.8 Å². The van der Waals surface area contributed by atoms with Crippen molar-refractivity contribution in [3.8, 4) is 0 Å². The van der Waals surface area contributed by atoms with Crippen LogP contribution in [0.15, 0.2) is 64.6 Å². The first-order valence-electron chi connectivity index (χ1n) is 12.6. The van der Waals surface area contributed by atoms with Crippen molar-refractivity contribution in [3.63, 3.8) is 0 Å². The Balaban J connectivity index is 2.37. The second-order valence-electron chi connectivity index (χ2n) is 10.1. The maximum Gasteiger partial charge on any atom is 0.405 e. The molecule has 0 aliphatic heterocycles. The van der Waals surface area contributed by atoms with Gasteiger partial charge in [-0.1, -0.05) is 75.3 Å². The minimum Gasteiger partial charge on any atom is -0.465 e. The van der Waals surface area contributed by atoms with Crippen LogP contribution >= 0.6 is 0 Å². The van der Waals surface area contributed by atoms with Crippen LogP contribution in [0.5, 0.6) is 0 Å². The Morgan fingerprint density at radius 2 is 1.59 bits per heavy atom. The van der Waals surface area contributed by atoms with Crippen LogP contribution < -0.4 is 10.6 Å². The average molecular weight is 563 g/mol. The van der Waals surface area contributed by atoms with E-state index in [4.69, 9.17) is 5.21 Å². The minimum atomic E-state index is -4.04. The zero-order chi connectivity index (χ0) is 29.2. The maximum absolute atomic E-state index is 13.6. The number of nitrogens with one attached hydrogen (secondary N) is 2. The quantitative estimate of drug-likeness (QED) is 0.134. The fourth-order valence-corrected chi connectivity index (χ4v) is 5.67. The van der Waals surface area contributed by atoms with Gasteiger partial charge in [-0.3, -0.25) is 4.79 Å². The summed E-state index contributed by atoms with van der Waals surface area (Å²) < 4.78 is 28.3. The molecule has 0 saturated carbocycles. The molecule has 2 amide bonds. The largest absolute Gasteiger partial charge is 0.465 e. The van der Waals surface area contributed by atoms with Crippen molar-refractivity contribution in [1.82, 2.24) is 14.9 Å². The van der Waals surface area contributed by atoms with Gasteiger partial charge in [0.05, 0.1) is 23.3 Å². The lowest BCUT2D eigenvalue weighted by atomic mass is 9.98. The van der Waals surface area contributed by atoms with E-state index in [1.165, 1.54) is 34.8 Å². The van der Waals surface area contributed by atoms with E-state index < -0.39 is 40.2 Å². The lowest BCUT2D eigenvalue weighted by Crippen LogP contribution is -2.56. The fraction of sp³-hybridized carbons (Fsp3) is 0.444. The van der Waals surface area contributed by atoms with E-state index in [1.54, 1.807) is 13.8 Å². The van der Waals surface area contributed by atoms with Crippen molar-refractivity contribution < 1.29 is 33.4 Å². The number of amides is 2. The van der Waals surface area contributed by atoms with Gasteiger partial charge in [0.15, 0.2) is 0 Å². The Hall–Kier alpha value is -3.48. The predicted molar refractivity (Wildman–Crippen MR) is 147 cm³/mol. The van der Waals surface area contributed by atoms with Crippen molar-refractivity contribution in [3.05, 3.63) is 65.7 Å². The predicted octanol–water partition coefficient (Wildman–Crippen LogP) is 2.52. The maximum atomic E-state index is 13.6. The summed E-state index contributed by atoms with van der Waals surface area (Å²) in [6.45, 7) is 6.89. The van der Waals surface area contributed by atoms with E-state index in [2.05, 4.69) is 15.8 Å². The molecule has 0 bridgehead atoms. The van der Waals surface area contributed by atoms with Crippen LogP contribution in [0.2, 0.25) is 0 Å². The van der Waals surface area contributed by atoms with E-state index in [1.807, 2.05) is 44.2 Å². The molecule has 39 heavy (non-hydrogen) atoms. The number of hydrogen-bond donors (Lipinski definition) is 5. The standard InChI is InChI=1S/C27H38N4O7S/c1-18(2)16-31(39(37,38)22-12-10-21(11-13-22)15-28-36)17-24(32)23(14-20-8-6-5-7-9-20)29-26(33)25(19(3)4)30-27(34)35/h5-13,15,18-19,23-25,30,32,36H,14,16-17H2,1-4H3,(H,29,33)(H,34,35)/t23-,24+,25+/m0/s1. The van der Waals surface area contributed by atoms with Crippen LogP contribution in [0.1, 0.15) is 38.8 Å². The van der Waals surface area contributed by atoms with E-state index in [0.717, 1.165) is 5.56 Å². The highest BCUT2D eigenvalue weighted by Crippen LogP contribution is 2.20. The first kappa shape index (κ1) is 31.7. The molecule has 5 N–H and O–H groups in total. The summed E-state index contributed by atoms with van der Waals surface area (Å²) in [6.07, 6.45) is -1.31. The molecule has 0 saturated heterocycles. The van der Waals surface area contributed by atoms with Gasteiger partial charge in [-0.25, -0.2) is 13.2 Å². The molecule has 214 valence electrons. The average Bonchev–Trinajstić information content (AvgIpc) is 2.87. The zero-order valence-electron chi connectivity index (χ0n) is 22.6. The Labute approximate surface area is 229 Å². The van der Waals surface area contributed by atoms with Crippen molar-refractivity contribution in [2.45, 2.75) is 57.2 Å². The second kappa shape index (κ2) is 14.6. The van der Waals surface area contributed by atoms with Gasteiger partial charge in [-0.05, 0) is 41.5 Å². The van der Waals surface area contributed by atoms with Crippen LogP contribution in [0.3, 0.4) is 0 Å². The van der Waals surface area contributed by atoms with Gasteiger partial charge in [0.25, 0.3) is 0 Å². The van der Waals surface area contributed by atoms with Gasteiger partial charge < -0.3 is 26.1 Å². The Morgan fingerprint density at radius 1 is 0.974 bits per heavy atom. The van der Waals surface area contributed by atoms with Crippen LogP contribution in [-0.2, 0) is 21.2 Å². The number of aliphatic hydroxyl groups is 1. The van der Waals surface area contributed by atoms with Crippen molar-refractivity contribution in [2.75, 3.05) is 13.1 Å². The van der Waals surface area contributed by atoms with Gasteiger partial charge in [-0.2, -0.15) is 4.31 Å². The summed E-state index contributed by atoms with van der Waals surface area (Å²) in [5.41, 5.74) is 1.31. The number of benzene rings is 2. The molecule has 0 aliphatic carbocycles. The number of rotatable bonds is 14. The third kappa shape index (κ3) is 9.65. The molecule has 2 rings (SSSR count). The van der Waals surface area contributed by atoms with Gasteiger partial charge in [0.2, 0.25) is 15.9 Å². The molecule has 0 fully saturated rings. The zero-order valence-corrected chi connectivity index (χ0v) is 23.4. The molecule has 2 aromatic carbocycles. The van der Waals surface area contributed by atoms with E-state index in [-0.39, 0.29) is 36.2 Å². The van der Waals surface area contributed by atoms with Crippen molar-refractivity contribution in [2.24, 2.45) is 17.0 Å². The summed E-state index contributed by atoms with van der Waals surface area (Å²) in [5, 5.41) is 37.1. The SMILES string of the molecule is CC(C)CN(C[C@@H](O)[C@H](Cc1ccccc1)NC(=O)[C@H](NC(=O)O)C(C)C)S(=O)(=O)c1ccc(C=NO)cc1. The molecule has 12 heteroatoms. The fourth-order valence-electron chi connectivity index (χ4n) is 4.05. The summed E-state index contributed by atoms with van der Waals surface area (Å²) in [5.74, 6) is -1.06. The monoisotopic (exact) mass is 562 g/mol. The van der Waals surface area contributed by atoms with Crippen LogP contribution in [0.25, 0.3) is 0 Å². The first-order chi connectivity index (χ1) is 18.3. The molecule has 3 atom stereocenters. The van der Waals surface area contributed by atoms with E-state index >= 15 is 0 Å². The van der Waals surface area contributed by atoms with Gasteiger partial charge in [0, 0.05) is 13.1 Å². The van der Waals surface area contributed by atoms with Crippen molar-refractivity contribution >= 4 is 28.2 Å². The smallest absolute Gasteiger partial charge is 0.405 e. The Bertz CT molecular complexity index is 1200. The summed E-state index contributed by atoms with van der Waals surface area (Å²) in [6, 6.07) is 12.9. The highest BCUT2D eigenvalue weighted by atomic mass is 32.2. The second-order valence-corrected chi connectivity index (χ2v) is 12.0. The number of oxime groups is 1. The third-order valence-electron chi connectivity index (χ3n) is 6.00. The van der Waals surface area contributed by atoms with E-state index in [0.29, 0.717) is 5.56 Å². The number of aliphatic hydroxyl groups excluding tert-OH is 1. The lowest BCUT2D eigenvalue weighted by molar-refractivity contribution is -0.125. The molecule has 11 nitrogen and oxygen atoms in total. The number of carbonyl (C=O) groups excluding carboxylic acids is 1. The molecular weight excluding hydrogens is 524 g/mol. The molecule has 0 radical (unpaired) electrons. The van der Waals surface area contributed by atoms with E-state index in [9.17, 15) is 28.2 Å². The number of hydrogen-bond acceptors (Lipinski definition) is 7. The molecule has 0 spiro atoms. The van der Waals surface area contributed by atoms with Gasteiger partial charge >= 0.3 is 6.09 Å². The topological polar surface area (TPSA) is 169 Å². The van der Waals surface area contributed by atoms with Crippen molar-refractivity contribution in [1.29, 1.82) is 0 Å². The highest BCUT2D eigenvalue weighted by Gasteiger charge is 2.33. The Morgan fingerprint density at radius 3 is 2.10 bits per heavy atom. The molecule has 0 unspecified atom stereocenters. The number of sulfonamides is 1. The van der Waals surface area contributed by atoms with Crippen LogP contribution in [0.4, 0.5) is 4.79 Å². The normalized spacial score (nSPS) is 14.5. The minimum absolute atomic E-state index is 0.000357. The lowest BCUT2D eigenvalue weighted by Gasteiger charge is -2.32. The molecule has 0 aromatic heterocycles. The molecule has 0 heterocycles. The highest BCUT2D eigenvalue weighted by molar-refractivity contribution is 7.89. The molecular formula is C27H38N4O7S. The Kier molecular flexibility index (Phi) is 11.9. The summed E-state index contributed by atoms with van der Waals surface area (Å²) >= 11 is 0.